The summed E-state index contributed by atoms with van der Waals surface area (Å²) >= 11 is 0. The highest BCUT2D eigenvalue weighted by molar-refractivity contribution is 5.91. The molecule has 1 aliphatic heterocycles. The molecular weight excluding hydrogens is 358 g/mol. The zero-order valence-electron chi connectivity index (χ0n) is 16.6. The summed E-state index contributed by atoms with van der Waals surface area (Å²) in [6.07, 6.45) is 4.60. The van der Waals surface area contributed by atoms with Crippen LogP contribution < -0.4 is 14.8 Å². The van der Waals surface area contributed by atoms with Gasteiger partial charge in [-0.2, -0.15) is 0 Å². The molecule has 8 nitrogen and oxygen atoms in total. The average Bonchev–Trinajstić information content (AvgIpc) is 3.37. The van der Waals surface area contributed by atoms with Gasteiger partial charge in [-0.15, -0.1) is 0 Å². The van der Waals surface area contributed by atoms with Crippen molar-refractivity contribution in [1.82, 2.24) is 10.2 Å². The van der Waals surface area contributed by atoms with Gasteiger partial charge in [-0.05, 0) is 49.4 Å². The maximum absolute atomic E-state index is 13.1. The van der Waals surface area contributed by atoms with Crippen LogP contribution in [0.2, 0.25) is 0 Å². The van der Waals surface area contributed by atoms with E-state index in [4.69, 9.17) is 15.0 Å². The molecular formula is C20H27N5O3. The van der Waals surface area contributed by atoms with Gasteiger partial charge in [0.1, 0.15) is 0 Å². The molecule has 28 heavy (non-hydrogen) atoms. The normalized spacial score (nSPS) is 17.5. The first-order valence-electron chi connectivity index (χ1n) is 9.65. The van der Waals surface area contributed by atoms with Crippen LogP contribution in [0.15, 0.2) is 35.1 Å². The Kier molecular flexibility index (Phi) is 5.99. The molecule has 1 aliphatic carbocycles. The molecule has 0 radical (unpaired) electrons. The van der Waals surface area contributed by atoms with Crippen LogP contribution in [0.1, 0.15) is 38.7 Å². The van der Waals surface area contributed by atoms with Crippen LogP contribution in [-0.4, -0.2) is 43.8 Å². The smallest absolute Gasteiger partial charge is 0.231 e. The zero-order valence-corrected chi connectivity index (χ0v) is 16.6. The maximum Gasteiger partial charge on any atom is 0.231 e. The highest BCUT2D eigenvalue weighted by atomic mass is 16.7. The number of carbonyl (C=O) groups is 1. The summed E-state index contributed by atoms with van der Waals surface area (Å²) < 4.78 is 10.8. The van der Waals surface area contributed by atoms with Gasteiger partial charge in [0.2, 0.25) is 12.7 Å². The molecule has 1 atom stereocenters. The number of fused-ring (bicyclic) bond motifs is 1. The molecule has 1 aromatic rings. The van der Waals surface area contributed by atoms with E-state index in [0.29, 0.717) is 18.8 Å². The summed E-state index contributed by atoms with van der Waals surface area (Å²) in [5.41, 5.74) is 9.96. The molecule has 3 rings (SSSR count). The summed E-state index contributed by atoms with van der Waals surface area (Å²) in [7, 11) is 1.95. The largest absolute Gasteiger partial charge is 0.454 e. The number of allylic oxidation sites excluding steroid dienone is 1. The molecule has 0 saturated heterocycles. The van der Waals surface area contributed by atoms with E-state index in [1.165, 1.54) is 0 Å². The SMILES string of the molecule is CC/C=C(\C(C)NC(=O)C1(c2ccc3c(c2)OCO3)CC1)N(C)CCN=[N+]=[N-]. The Balaban J connectivity index is 1.70. The summed E-state index contributed by atoms with van der Waals surface area (Å²) in [5, 5.41) is 6.77. The highest BCUT2D eigenvalue weighted by Crippen LogP contribution is 2.50. The maximum atomic E-state index is 13.1. The van der Waals surface area contributed by atoms with E-state index in [1.54, 1.807) is 0 Å². The van der Waals surface area contributed by atoms with E-state index in [9.17, 15) is 4.79 Å². The lowest BCUT2D eigenvalue weighted by Gasteiger charge is -2.29. The highest BCUT2D eigenvalue weighted by Gasteiger charge is 2.52. The van der Waals surface area contributed by atoms with Gasteiger partial charge >= 0.3 is 0 Å². The van der Waals surface area contributed by atoms with Crippen LogP contribution >= 0.6 is 0 Å². The van der Waals surface area contributed by atoms with E-state index in [1.807, 2.05) is 37.1 Å². The molecule has 0 bridgehead atoms. The van der Waals surface area contributed by atoms with Crippen LogP contribution in [0.25, 0.3) is 10.4 Å². The summed E-state index contributed by atoms with van der Waals surface area (Å²) in [6.45, 7) is 5.26. The van der Waals surface area contributed by atoms with Crippen molar-refractivity contribution in [3.05, 3.63) is 46.0 Å². The van der Waals surface area contributed by atoms with Gasteiger partial charge in [0.05, 0.1) is 11.5 Å². The minimum atomic E-state index is -0.490. The lowest BCUT2D eigenvalue weighted by molar-refractivity contribution is -0.124. The first-order chi connectivity index (χ1) is 13.5. The summed E-state index contributed by atoms with van der Waals surface area (Å²) in [5.74, 6) is 1.46. The molecule has 1 fully saturated rings. The number of amides is 1. The van der Waals surface area contributed by atoms with Gasteiger partial charge in [-0.1, -0.05) is 24.2 Å². The lowest BCUT2D eigenvalue weighted by Crippen LogP contribution is -2.44. The number of azide groups is 1. The Morgan fingerprint density at radius 2 is 2.18 bits per heavy atom. The number of hydrogen-bond donors (Lipinski definition) is 1. The van der Waals surface area contributed by atoms with Crippen LogP contribution in [-0.2, 0) is 10.2 Å². The standard InChI is InChI=1S/C20H27N5O3/c1-4-5-16(25(3)11-10-22-24-21)14(2)23-19(26)20(8-9-20)15-6-7-17-18(12-15)28-13-27-17/h5-7,12,14H,4,8-11,13H2,1-3H3,(H,23,26)/b16-5+. The van der Waals surface area contributed by atoms with Gasteiger partial charge in [0.25, 0.3) is 0 Å². The lowest BCUT2D eigenvalue weighted by atomic mass is 9.94. The molecule has 1 heterocycles. The predicted octanol–water partition coefficient (Wildman–Crippen LogP) is 3.49. The molecule has 0 spiro atoms. The predicted molar refractivity (Wildman–Crippen MR) is 106 cm³/mol. The monoisotopic (exact) mass is 385 g/mol. The van der Waals surface area contributed by atoms with Crippen molar-refractivity contribution in [3.63, 3.8) is 0 Å². The number of rotatable bonds is 9. The molecule has 2 aliphatic rings. The van der Waals surface area contributed by atoms with Gasteiger partial charge in [-0.25, -0.2) is 0 Å². The van der Waals surface area contributed by atoms with E-state index in [2.05, 4.69) is 28.3 Å². The molecule has 1 N–H and O–H groups in total. The molecule has 1 aromatic carbocycles. The van der Waals surface area contributed by atoms with E-state index in [0.717, 1.165) is 36.3 Å². The molecule has 1 saturated carbocycles. The number of benzene rings is 1. The number of nitrogens with one attached hydrogen (secondary N) is 1. The van der Waals surface area contributed by atoms with Crippen LogP contribution in [0.5, 0.6) is 11.5 Å². The first kappa shape index (κ1) is 19.9. The second-order valence-corrected chi connectivity index (χ2v) is 7.26. The fourth-order valence-electron chi connectivity index (χ4n) is 3.62. The Morgan fingerprint density at radius 1 is 1.43 bits per heavy atom. The Bertz CT molecular complexity index is 812. The van der Waals surface area contributed by atoms with Crippen molar-refractivity contribution in [2.75, 3.05) is 26.9 Å². The summed E-state index contributed by atoms with van der Waals surface area (Å²) in [4.78, 5) is 18.0. The summed E-state index contributed by atoms with van der Waals surface area (Å²) in [6, 6.07) is 5.61. The number of carbonyl (C=O) groups excluding carboxylic acids is 1. The third-order valence-corrected chi connectivity index (χ3v) is 5.35. The van der Waals surface area contributed by atoms with Crippen molar-refractivity contribution in [1.29, 1.82) is 0 Å². The Hall–Kier alpha value is -2.86. The van der Waals surface area contributed by atoms with E-state index < -0.39 is 5.41 Å². The van der Waals surface area contributed by atoms with Crippen LogP contribution in [0.4, 0.5) is 0 Å². The van der Waals surface area contributed by atoms with Crippen molar-refractivity contribution < 1.29 is 14.3 Å². The van der Waals surface area contributed by atoms with Crippen molar-refractivity contribution >= 4 is 5.91 Å². The number of ether oxygens (including phenoxy) is 2. The fourth-order valence-corrected chi connectivity index (χ4v) is 3.62. The molecule has 150 valence electrons. The second-order valence-electron chi connectivity index (χ2n) is 7.26. The third-order valence-electron chi connectivity index (χ3n) is 5.35. The van der Waals surface area contributed by atoms with Gasteiger partial charge < -0.3 is 19.7 Å². The number of likely N-dealkylation sites (N-methyl/N-ethyl adjacent to an activating group) is 1. The molecule has 1 unspecified atom stereocenters. The van der Waals surface area contributed by atoms with Crippen molar-refractivity contribution in [3.8, 4) is 11.5 Å². The van der Waals surface area contributed by atoms with Gasteiger partial charge in [0, 0.05) is 30.7 Å². The van der Waals surface area contributed by atoms with Crippen molar-refractivity contribution in [2.45, 2.75) is 44.6 Å². The van der Waals surface area contributed by atoms with Crippen LogP contribution in [0, 0.1) is 0 Å². The fraction of sp³-hybridized carbons (Fsp3) is 0.550. The quantitative estimate of drug-likeness (QED) is 0.399. The van der Waals surface area contributed by atoms with Gasteiger partial charge in [-0.3, -0.25) is 4.79 Å². The van der Waals surface area contributed by atoms with E-state index >= 15 is 0 Å². The topological polar surface area (TPSA) is 99.6 Å². The Labute approximate surface area is 165 Å². The Morgan fingerprint density at radius 3 is 2.86 bits per heavy atom. The van der Waals surface area contributed by atoms with E-state index in [-0.39, 0.29) is 18.7 Å². The number of hydrogen-bond acceptors (Lipinski definition) is 5. The molecule has 8 heteroatoms. The average molecular weight is 385 g/mol. The number of nitrogens with zero attached hydrogens (tertiary/aromatic N) is 4. The first-order valence-corrected chi connectivity index (χ1v) is 9.65. The van der Waals surface area contributed by atoms with Crippen LogP contribution in [0.3, 0.4) is 0 Å². The zero-order chi connectivity index (χ0) is 20.1. The molecule has 0 aromatic heterocycles. The minimum absolute atomic E-state index is 0.0318. The second kappa shape index (κ2) is 8.44. The van der Waals surface area contributed by atoms with Crippen molar-refractivity contribution in [2.24, 2.45) is 5.11 Å². The minimum Gasteiger partial charge on any atom is -0.454 e. The van der Waals surface area contributed by atoms with Gasteiger partial charge in [0.15, 0.2) is 11.5 Å². The molecule has 1 amide bonds. The third kappa shape index (κ3) is 4.02.